The van der Waals surface area contributed by atoms with Gasteiger partial charge in [0.1, 0.15) is 0 Å². The van der Waals surface area contributed by atoms with Gasteiger partial charge in [-0.25, -0.2) is 0 Å². The van der Waals surface area contributed by atoms with Gasteiger partial charge < -0.3 is 0 Å². The predicted molar refractivity (Wildman–Crippen MR) is 71.9 cm³/mol. The molecular weight excluding hydrogens is 268 g/mol. The van der Waals surface area contributed by atoms with Crippen molar-refractivity contribution in [2.75, 3.05) is 0 Å². The van der Waals surface area contributed by atoms with Crippen LogP contribution in [0.1, 0.15) is 53.1 Å². The first-order valence-corrected chi connectivity index (χ1v) is 7.71. The number of hydrogen-bond acceptors (Lipinski definition) is 1. The van der Waals surface area contributed by atoms with Gasteiger partial charge in [0.15, 0.2) is 0 Å². The molecule has 1 aromatic heterocycles. The van der Waals surface area contributed by atoms with Crippen molar-refractivity contribution in [3.8, 4) is 0 Å². The summed E-state index contributed by atoms with van der Waals surface area (Å²) in [5.41, 5.74) is 0. The molecule has 0 amide bonds. The van der Waals surface area contributed by atoms with Crippen molar-refractivity contribution in [3.05, 3.63) is 21.9 Å². The molecule has 0 saturated heterocycles. The summed E-state index contributed by atoms with van der Waals surface area (Å²) >= 11 is 5.86. The minimum Gasteiger partial charge on any atom is -0.145 e. The predicted octanol–water partition coefficient (Wildman–Crippen LogP) is 5.46. The first-order valence-electron chi connectivity index (χ1n) is 5.98. The minimum absolute atomic E-state index is 0.606. The lowest BCUT2D eigenvalue weighted by atomic mass is 9.96. The van der Waals surface area contributed by atoms with Crippen LogP contribution in [0.4, 0.5) is 0 Å². The van der Waals surface area contributed by atoms with E-state index in [1.807, 2.05) is 11.3 Å². The van der Waals surface area contributed by atoms with Gasteiger partial charge >= 0.3 is 0 Å². The Hall–Kier alpha value is 0.180. The molecule has 0 N–H and O–H groups in total. The molecule has 84 valence electrons. The molecule has 1 atom stereocenters. The Morgan fingerprint density at radius 3 is 2.40 bits per heavy atom. The fourth-order valence-electron chi connectivity index (χ4n) is 2.44. The first-order chi connectivity index (χ1) is 7.27. The van der Waals surface area contributed by atoms with E-state index in [0.717, 1.165) is 5.92 Å². The Bertz CT molecular complexity index is 297. The zero-order chi connectivity index (χ0) is 10.7. The second-order valence-corrected chi connectivity index (χ2v) is 6.91. The lowest BCUT2D eigenvalue weighted by Gasteiger charge is -2.19. The van der Waals surface area contributed by atoms with Gasteiger partial charge in [0.2, 0.25) is 0 Å². The molecule has 15 heavy (non-hydrogen) atoms. The molecule has 0 nitrogen and oxygen atoms in total. The molecule has 1 aliphatic carbocycles. The van der Waals surface area contributed by atoms with Crippen LogP contribution in [0.3, 0.4) is 0 Å². The molecule has 0 radical (unpaired) electrons. The summed E-state index contributed by atoms with van der Waals surface area (Å²) in [4.78, 5) is 3.57. The average Bonchev–Trinajstić information content (AvgIpc) is 2.53. The second-order valence-electron chi connectivity index (χ2n) is 4.60. The number of thiophene rings is 1. The average molecular weight is 287 g/mol. The third-order valence-electron chi connectivity index (χ3n) is 3.35. The molecule has 1 aromatic rings. The summed E-state index contributed by atoms with van der Waals surface area (Å²) in [6.07, 6.45) is 8.56. The van der Waals surface area contributed by atoms with Gasteiger partial charge in [0.25, 0.3) is 0 Å². The van der Waals surface area contributed by atoms with E-state index in [-0.39, 0.29) is 0 Å². The maximum atomic E-state index is 3.91. The van der Waals surface area contributed by atoms with Gasteiger partial charge in [0, 0.05) is 9.75 Å². The van der Waals surface area contributed by atoms with Gasteiger partial charge in [0.05, 0.1) is 4.83 Å². The second kappa shape index (κ2) is 5.49. The maximum Gasteiger partial charge on any atom is 0.0517 e. The summed E-state index contributed by atoms with van der Waals surface area (Å²) in [6, 6.07) is 4.54. The smallest absolute Gasteiger partial charge is 0.0517 e. The topological polar surface area (TPSA) is 0 Å². The normalized spacial score (nSPS) is 21.2. The summed E-state index contributed by atoms with van der Waals surface area (Å²) in [6.45, 7) is 2.20. The van der Waals surface area contributed by atoms with Gasteiger partial charge in [-0.05, 0) is 37.8 Å². The zero-order valence-electron chi connectivity index (χ0n) is 9.34. The number of alkyl halides is 1. The molecular formula is C13H19BrS. The number of aryl methyl sites for hydroxylation is 1. The standard InChI is InChI=1S/C13H19BrS/c1-10-8-9-12(15-10)13(14)11-6-4-2-3-5-7-11/h8-9,11,13H,2-7H2,1H3. The molecule has 2 rings (SSSR count). The molecule has 0 bridgehead atoms. The molecule has 0 aliphatic heterocycles. The highest BCUT2D eigenvalue weighted by Crippen LogP contribution is 2.41. The van der Waals surface area contributed by atoms with E-state index < -0.39 is 0 Å². The highest BCUT2D eigenvalue weighted by molar-refractivity contribution is 9.09. The van der Waals surface area contributed by atoms with Crippen LogP contribution in [0.25, 0.3) is 0 Å². The van der Waals surface area contributed by atoms with E-state index in [1.165, 1.54) is 48.3 Å². The summed E-state index contributed by atoms with van der Waals surface area (Å²) in [5.74, 6) is 0.866. The molecule has 0 aromatic carbocycles. The van der Waals surface area contributed by atoms with E-state index in [4.69, 9.17) is 0 Å². The summed E-state index contributed by atoms with van der Waals surface area (Å²) < 4.78 is 0. The lowest BCUT2D eigenvalue weighted by molar-refractivity contribution is 0.457. The van der Waals surface area contributed by atoms with Crippen LogP contribution < -0.4 is 0 Å². The fourth-order valence-corrected chi connectivity index (χ4v) is 4.35. The monoisotopic (exact) mass is 286 g/mol. The highest BCUT2D eigenvalue weighted by Gasteiger charge is 2.22. The number of rotatable bonds is 2. The van der Waals surface area contributed by atoms with Crippen molar-refractivity contribution in [2.45, 2.75) is 50.3 Å². The SMILES string of the molecule is Cc1ccc(C(Br)C2CCCCCC2)s1. The van der Waals surface area contributed by atoms with Crippen LogP contribution in [0.2, 0.25) is 0 Å². The third-order valence-corrected chi connectivity index (χ3v) is 5.97. The van der Waals surface area contributed by atoms with Crippen LogP contribution in [-0.2, 0) is 0 Å². The van der Waals surface area contributed by atoms with E-state index in [1.54, 1.807) is 0 Å². The molecule has 2 heteroatoms. The maximum absolute atomic E-state index is 3.91. The third kappa shape index (κ3) is 3.07. The Kier molecular flexibility index (Phi) is 4.27. The van der Waals surface area contributed by atoms with E-state index in [2.05, 4.69) is 35.0 Å². The van der Waals surface area contributed by atoms with Crippen molar-refractivity contribution < 1.29 is 0 Å². The van der Waals surface area contributed by atoms with Crippen LogP contribution in [0.5, 0.6) is 0 Å². The van der Waals surface area contributed by atoms with Crippen molar-refractivity contribution in [3.63, 3.8) is 0 Å². The summed E-state index contributed by atoms with van der Waals surface area (Å²) in [5, 5.41) is 0. The van der Waals surface area contributed by atoms with E-state index in [0.29, 0.717) is 4.83 Å². The zero-order valence-corrected chi connectivity index (χ0v) is 11.7. The van der Waals surface area contributed by atoms with Gasteiger partial charge in [-0.15, -0.1) is 11.3 Å². The molecule has 1 heterocycles. The van der Waals surface area contributed by atoms with Crippen LogP contribution >= 0.6 is 27.3 Å². The van der Waals surface area contributed by atoms with Gasteiger partial charge in [-0.3, -0.25) is 0 Å². The molecule has 1 unspecified atom stereocenters. The lowest BCUT2D eigenvalue weighted by Crippen LogP contribution is -2.05. The highest BCUT2D eigenvalue weighted by atomic mass is 79.9. The Morgan fingerprint density at radius 2 is 1.87 bits per heavy atom. The van der Waals surface area contributed by atoms with Crippen molar-refractivity contribution >= 4 is 27.3 Å². The molecule has 1 fully saturated rings. The van der Waals surface area contributed by atoms with Crippen molar-refractivity contribution in [1.29, 1.82) is 0 Å². The van der Waals surface area contributed by atoms with Gasteiger partial charge in [-0.1, -0.05) is 41.6 Å². The van der Waals surface area contributed by atoms with E-state index >= 15 is 0 Å². The number of hydrogen-bond donors (Lipinski definition) is 0. The Balaban J connectivity index is 2.02. The number of halogens is 1. The van der Waals surface area contributed by atoms with Crippen LogP contribution in [0, 0.1) is 12.8 Å². The molecule has 1 saturated carbocycles. The fraction of sp³-hybridized carbons (Fsp3) is 0.692. The van der Waals surface area contributed by atoms with Crippen LogP contribution in [0.15, 0.2) is 12.1 Å². The van der Waals surface area contributed by atoms with E-state index in [9.17, 15) is 0 Å². The minimum atomic E-state index is 0.606. The first kappa shape index (κ1) is 11.7. The Labute approximate surface area is 105 Å². The van der Waals surface area contributed by atoms with Crippen molar-refractivity contribution in [2.24, 2.45) is 5.92 Å². The van der Waals surface area contributed by atoms with Crippen molar-refractivity contribution in [1.82, 2.24) is 0 Å². The quantitative estimate of drug-likeness (QED) is 0.500. The molecule has 1 aliphatic rings. The summed E-state index contributed by atoms with van der Waals surface area (Å²) in [7, 11) is 0. The van der Waals surface area contributed by atoms with Crippen LogP contribution in [-0.4, -0.2) is 0 Å². The van der Waals surface area contributed by atoms with Gasteiger partial charge in [-0.2, -0.15) is 0 Å². The molecule has 0 spiro atoms. The largest absolute Gasteiger partial charge is 0.145 e. The Morgan fingerprint density at radius 1 is 1.20 bits per heavy atom.